The lowest BCUT2D eigenvalue weighted by atomic mass is 10.2. The number of rotatable bonds is 1. The van der Waals surface area contributed by atoms with Crippen molar-refractivity contribution in [3.05, 3.63) is 14.8 Å². The van der Waals surface area contributed by atoms with Crippen LogP contribution in [0.4, 0.5) is 5.95 Å². The van der Waals surface area contributed by atoms with Crippen LogP contribution < -0.4 is 4.90 Å². The summed E-state index contributed by atoms with van der Waals surface area (Å²) in [5.74, 6) is 0.639. The molecule has 6 heteroatoms. The molecule has 16 heavy (non-hydrogen) atoms. The fraction of sp³-hybridized carbons (Fsp3) is 0.600. The van der Waals surface area contributed by atoms with Crippen molar-refractivity contribution in [1.29, 1.82) is 0 Å². The third-order valence-electron chi connectivity index (χ3n) is 2.65. The molecule has 1 aliphatic rings. The topological polar surface area (TPSA) is 29.0 Å². The van der Waals surface area contributed by atoms with Crippen LogP contribution in [-0.2, 0) is 0 Å². The summed E-state index contributed by atoms with van der Waals surface area (Å²) in [6, 6.07) is 0. The van der Waals surface area contributed by atoms with Gasteiger partial charge in [-0.25, -0.2) is 0 Å². The van der Waals surface area contributed by atoms with Gasteiger partial charge in [0.05, 0.1) is 4.47 Å². The fourth-order valence-corrected chi connectivity index (χ4v) is 2.35. The van der Waals surface area contributed by atoms with E-state index in [0.717, 1.165) is 13.1 Å². The van der Waals surface area contributed by atoms with E-state index in [-0.39, 0.29) is 0 Å². The first kappa shape index (κ1) is 12.4. The highest BCUT2D eigenvalue weighted by molar-refractivity contribution is 9.10. The average molecular weight is 325 g/mol. The Kier molecular flexibility index (Phi) is 4.27. The molecule has 0 saturated carbocycles. The lowest BCUT2D eigenvalue weighted by molar-refractivity contribution is 0.726. The number of halogens is 3. The second-order valence-electron chi connectivity index (χ2n) is 3.82. The van der Waals surface area contributed by atoms with Gasteiger partial charge >= 0.3 is 0 Å². The first-order valence-corrected chi connectivity index (χ1v) is 6.87. The van der Waals surface area contributed by atoms with Gasteiger partial charge < -0.3 is 4.90 Å². The van der Waals surface area contributed by atoms with E-state index in [1.165, 1.54) is 25.7 Å². The molecule has 0 N–H and O–H groups in total. The zero-order valence-electron chi connectivity index (χ0n) is 8.72. The first-order valence-electron chi connectivity index (χ1n) is 5.32. The standard InChI is InChI=1S/C10H12BrCl2N3/c11-7-8(12)14-10(15-9(7)13)16-5-3-1-2-4-6-16/h1-6H2. The molecule has 0 aliphatic carbocycles. The first-order chi connectivity index (χ1) is 7.68. The number of nitrogens with zero attached hydrogens (tertiary/aromatic N) is 3. The molecule has 0 unspecified atom stereocenters. The highest BCUT2D eigenvalue weighted by Crippen LogP contribution is 2.29. The van der Waals surface area contributed by atoms with E-state index in [1.54, 1.807) is 0 Å². The van der Waals surface area contributed by atoms with Gasteiger partial charge in [-0.05, 0) is 28.8 Å². The molecule has 1 fully saturated rings. The van der Waals surface area contributed by atoms with Gasteiger partial charge in [-0.3, -0.25) is 0 Å². The van der Waals surface area contributed by atoms with E-state index in [4.69, 9.17) is 23.2 Å². The smallest absolute Gasteiger partial charge is 0.228 e. The zero-order valence-corrected chi connectivity index (χ0v) is 11.8. The number of hydrogen-bond acceptors (Lipinski definition) is 3. The van der Waals surface area contributed by atoms with Gasteiger partial charge in [0.25, 0.3) is 0 Å². The van der Waals surface area contributed by atoms with E-state index in [1.807, 2.05) is 0 Å². The maximum Gasteiger partial charge on any atom is 0.228 e. The van der Waals surface area contributed by atoms with Gasteiger partial charge in [0, 0.05) is 13.1 Å². The summed E-state index contributed by atoms with van der Waals surface area (Å²) >= 11 is 15.2. The van der Waals surface area contributed by atoms with Crippen LogP contribution in [0.2, 0.25) is 10.3 Å². The third-order valence-corrected chi connectivity index (χ3v) is 4.40. The van der Waals surface area contributed by atoms with E-state index < -0.39 is 0 Å². The largest absolute Gasteiger partial charge is 0.341 e. The summed E-state index contributed by atoms with van der Waals surface area (Å²) < 4.78 is 0.564. The van der Waals surface area contributed by atoms with Crippen LogP contribution in [0.3, 0.4) is 0 Å². The van der Waals surface area contributed by atoms with Crippen LogP contribution >= 0.6 is 39.1 Å². The number of anilines is 1. The van der Waals surface area contributed by atoms with E-state index >= 15 is 0 Å². The van der Waals surface area contributed by atoms with Crippen molar-refractivity contribution in [3.8, 4) is 0 Å². The van der Waals surface area contributed by atoms with E-state index in [0.29, 0.717) is 20.7 Å². The molecule has 0 atom stereocenters. The predicted octanol–water partition coefficient (Wildman–Crippen LogP) is 3.93. The second-order valence-corrected chi connectivity index (χ2v) is 5.33. The molecule has 2 heterocycles. The van der Waals surface area contributed by atoms with Crippen LogP contribution in [0.1, 0.15) is 25.7 Å². The molecule has 1 aromatic rings. The zero-order chi connectivity index (χ0) is 11.5. The SMILES string of the molecule is Clc1nc(N2CCCCCC2)nc(Cl)c1Br. The van der Waals surface area contributed by atoms with E-state index in [9.17, 15) is 0 Å². The van der Waals surface area contributed by atoms with Crippen LogP contribution in [-0.4, -0.2) is 23.1 Å². The molecular formula is C10H12BrCl2N3. The minimum atomic E-state index is 0.374. The van der Waals surface area contributed by atoms with Gasteiger partial charge in [-0.1, -0.05) is 36.0 Å². The Balaban J connectivity index is 2.25. The summed E-state index contributed by atoms with van der Waals surface area (Å²) in [5.41, 5.74) is 0. The van der Waals surface area contributed by atoms with Gasteiger partial charge in [-0.2, -0.15) is 9.97 Å². The molecule has 1 aliphatic heterocycles. The van der Waals surface area contributed by atoms with Crippen molar-refractivity contribution in [3.63, 3.8) is 0 Å². The number of aromatic nitrogens is 2. The lowest BCUT2D eigenvalue weighted by Crippen LogP contribution is -2.26. The van der Waals surface area contributed by atoms with E-state index in [2.05, 4.69) is 30.8 Å². The van der Waals surface area contributed by atoms with Crippen molar-refractivity contribution >= 4 is 45.1 Å². The quantitative estimate of drug-likeness (QED) is 0.733. The number of hydrogen-bond donors (Lipinski definition) is 0. The van der Waals surface area contributed by atoms with Gasteiger partial charge in [0.1, 0.15) is 10.3 Å². The van der Waals surface area contributed by atoms with Crippen LogP contribution in [0, 0.1) is 0 Å². The molecule has 1 saturated heterocycles. The Bertz CT molecular complexity index is 355. The van der Waals surface area contributed by atoms with Crippen LogP contribution in [0.5, 0.6) is 0 Å². The van der Waals surface area contributed by atoms with Crippen molar-refractivity contribution in [2.45, 2.75) is 25.7 Å². The Morgan fingerprint density at radius 3 is 1.94 bits per heavy atom. The lowest BCUT2D eigenvalue weighted by Gasteiger charge is -2.20. The fourth-order valence-electron chi connectivity index (χ4n) is 1.80. The molecule has 1 aromatic heterocycles. The van der Waals surface area contributed by atoms with Gasteiger partial charge in [-0.15, -0.1) is 0 Å². The molecule has 0 amide bonds. The maximum absolute atomic E-state index is 5.97. The molecule has 0 spiro atoms. The summed E-state index contributed by atoms with van der Waals surface area (Å²) in [6.07, 6.45) is 4.90. The van der Waals surface area contributed by atoms with Crippen LogP contribution in [0.15, 0.2) is 4.47 Å². The van der Waals surface area contributed by atoms with Gasteiger partial charge in [0.2, 0.25) is 5.95 Å². The second kappa shape index (κ2) is 5.52. The molecular weight excluding hydrogens is 313 g/mol. The summed E-state index contributed by atoms with van der Waals surface area (Å²) in [4.78, 5) is 10.6. The van der Waals surface area contributed by atoms with Crippen molar-refractivity contribution < 1.29 is 0 Å². The Labute approximate surface area is 113 Å². The van der Waals surface area contributed by atoms with Crippen LogP contribution in [0.25, 0.3) is 0 Å². The molecule has 0 bridgehead atoms. The maximum atomic E-state index is 5.97. The van der Waals surface area contributed by atoms with Crippen molar-refractivity contribution in [1.82, 2.24) is 9.97 Å². The molecule has 0 aromatic carbocycles. The Morgan fingerprint density at radius 1 is 0.938 bits per heavy atom. The Hall–Kier alpha value is -0.0600. The minimum absolute atomic E-state index is 0.374. The Morgan fingerprint density at radius 2 is 1.44 bits per heavy atom. The molecule has 3 nitrogen and oxygen atoms in total. The normalized spacial score (nSPS) is 17.3. The highest BCUT2D eigenvalue weighted by Gasteiger charge is 2.16. The molecule has 2 rings (SSSR count). The summed E-state index contributed by atoms with van der Waals surface area (Å²) in [7, 11) is 0. The molecule has 88 valence electrons. The average Bonchev–Trinajstić information content (AvgIpc) is 2.53. The highest BCUT2D eigenvalue weighted by atomic mass is 79.9. The minimum Gasteiger partial charge on any atom is -0.341 e. The van der Waals surface area contributed by atoms with Crippen molar-refractivity contribution in [2.24, 2.45) is 0 Å². The predicted molar refractivity (Wildman–Crippen MR) is 70.4 cm³/mol. The summed E-state index contributed by atoms with van der Waals surface area (Å²) in [6.45, 7) is 1.96. The van der Waals surface area contributed by atoms with Gasteiger partial charge in [0.15, 0.2) is 0 Å². The summed E-state index contributed by atoms with van der Waals surface area (Å²) in [5, 5.41) is 0.749. The monoisotopic (exact) mass is 323 g/mol. The molecule has 0 radical (unpaired) electrons. The third kappa shape index (κ3) is 2.79. The van der Waals surface area contributed by atoms with Crippen molar-refractivity contribution in [2.75, 3.05) is 18.0 Å².